The Kier molecular flexibility index (Phi) is 2.23. The normalized spacial score (nSPS) is 10.1. The third kappa shape index (κ3) is 1.48. The van der Waals surface area contributed by atoms with Crippen LogP contribution in [0, 0.1) is 6.92 Å². The van der Waals surface area contributed by atoms with Crippen LogP contribution in [0.3, 0.4) is 0 Å². The maximum absolute atomic E-state index is 5.17. The molecule has 0 atom stereocenters. The largest absolute Gasteiger partial charge is 0.496 e. The molecule has 0 bridgehead atoms. The molecule has 1 heterocycles. The van der Waals surface area contributed by atoms with Crippen molar-refractivity contribution in [1.82, 2.24) is 4.98 Å². The number of hydrogen-bond donors (Lipinski definition) is 0. The van der Waals surface area contributed by atoms with Crippen molar-refractivity contribution < 1.29 is 9.15 Å². The fourth-order valence-corrected chi connectivity index (χ4v) is 1.39. The second-order valence-corrected chi connectivity index (χ2v) is 3.06. The van der Waals surface area contributed by atoms with Crippen LogP contribution in [0.2, 0.25) is 0 Å². The van der Waals surface area contributed by atoms with Gasteiger partial charge in [0.15, 0.2) is 6.39 Å². The van der Waals surface area contributed by atoms with Gasteiger partial charge in [0.25, 0.3) is 0 Å². The van der Waals surface area contributed by atoms with E-state index >= 15 is 0 Å². The lowest BCUT2D eigenvalue weighted by Crippen LogP contribution is -1.87. The minimum Gasteiger partial charge on any atom is -0.496 e. The first-order valence-corrected chi connectivity index (χ1v) is 4.34. The second-order valence-electron chi connectivity index (χ2n) is 3.06. The summed E-state index contributed by atoms with van der Waals surface area (Å²) in [7, 11) is 1.66. The quantitative estimate of drug-likeness (QED) is 0.728. The van der Waals surface area contributed by atoms with Gasteiger partial charge in [-0.25, -0.2) is 4.98 Å². The minimum absolute atomic E-state index is 0.843. The molecule has 0 aliphatic heterocycles. The Labute approximate surface area is 82.3 Å². The SMILES string of the molecule is COc1ccc(-c2cocn2)cc1C. The molecule has 0 amide bonds. The Hall–Kier alpha value is -1.77. The van der Waals surface area contributed by atoms with Crippen molar-refractivity contribution in [2.24, 2.45) is 0 Å². The van der Waals surface area contributed by atoms with E-state index in [9.17, 15) is 0 Å². The number of nitrogens with zero attached hydrogens (tertiary/aromatic N) is 1. The molecule has 1 aromatic heterocycles. The van der Waals surface area contributed by atoms with E-state index in [4.69, 9.17) is 9.15 Å². The van der Waals surface area contributed by atoms with Crippen LogP contribution < -0.4 is 4.74 Å². The highest BCUT2D eigenvalue weighted by Crippen LogP contribution is 2.24. The van der Waals surface area contributed by atoms with E-state index in [2.05, 4.69) is 4.98 Å². The van der Waals surface area contributed by atoms with Gasteiger partial charge in [-0.3, -0.25) is 0 Å². The number of hydrogen-bond acceptors (Lipinski definition) is 3. The van der Waals surface area contributed by atoms with Crippen LogP contribution in [-0.2, 0) is 0 Å². The van der Waals surface area contributed by atoms with Gasteiger partial charge in [0.1, 0.15) is 17.7 Å². The predicted molar refractivity (Wildman–Crippen MR) is 53.2 cm³/mol. The summed E-state index contributed by atoms with van der Waals surface area (Å²) in [6.45, 7) is 2.00. The molecule has 3 nitrogen and oxygen atoms in total. The van der Waals surface area contributed by atoms with Crippen LogP contribution >= 0.6 is 0 Å². The number of benzene rings is 1. The van der Waals surface area contributed by atoms with Crippen LogP contribution in [0.4, 0.5) is 0 Å². The Morgan fingerprint density at radius 3 is 2.79 bits per heavy atom. The Morgan fingerprint density at radius 2 is 2.21 bits per heavy atom. The number of ether oxygens (including phenoxy) is 1. The van der Waals surface area contributed by atoms with Gasteiger partial charge in [-0.2, -0.15) is 0 Å². The van der Waals surface area contributed by atoms with Gasteiger partial charge in [0.2, 0.25) is 0 Å². The lowest BCUT2D eigenvalue weighted by Gasteiger charge is -2.05. The average molecular weight is 189 g/mol. The van der Waals surface area contributed by atoms with E-state index in [1.165, 1.54) is 6.39 Å². The Balaban J connectivity index is 2.43. The summed E-state index contributed by atoms with van der Waals surface area (Å²) in [6.07, 6.45) is 3.05. The van der Waals surface area contributed by atoms with Crippen molar-refractivity contribution in [3.8, 4) is 17.0 Å². The van der Waals surface area contributed by atoms with Crippen molar-refractivity contribution in [3.63, 3.8) is 0 Å². The second kappa shape index (κ2) is 3.54. The molecule has 0 fully saturated rings. The van der Waals surface area contributed by atoms with Gasteiger partial charge in [-0.1, -0.05) is 0 Å². The van der Waals surface area contributed by atoms with Gasteiger partial charge in [0, 0.05) is 5.56 Å². The standard InChI is InChI=1S/C11H11NO2/c1-8-5-9(3-4-11(8)13-2)10-6-14-7-12-10/h3-7H,1-2H3. The molecule has 0 unspecified atom stereocenters. The van der Waals surface area contributed by atoms with Crippen molar-refractivity contribution in [2.75, 3.05) is 7.11 Å². The molecule has 0 aliphatic carbocycles. The highest BCUT2D eigenvalue weighted by molar-refractivity contribution is 5.60. The molecule has 0 aliphatic rings. The monoisotopic (exact) mass is 189 g/mol. The molecular weight excluding hydrogens is 178 g/mol. The van der Waals surface area contributed by atoms with Gasteiger partial charge in [-0.05, 0) is 30.7 Å². The highest BCUT2D eigenvalue weighted by Gasteiger charge is 2.03. The maximum atomic E-state index is 5.17. The average Bonchev–Trinajstić information content (AvgIpc) is 2.70. The minimum atomic E-state index is 0.843. The fourth-order valence-electron chi connectivity index (χ4n) is 1.39. The zero-order chi connectivity index (χ0) is 9.97. The van der Waals surface area contributed by atoms with Gasteiger partial charge in [0.05, 0.1) is 7.11 Å². The smallest absolute Gasteiger partial charge is 0.181 e. The molecule has 0 saturated heterocycles. The lowest BCUT2D eigenvalue weighted by atomic mass is 10.1. The Bertz CT molecular complexity index is 421. The van der Waals surface area contributed by atoms with Gasteiger partial charge >= 0.3 is 0 Å². The Morgan fingerprint density at radius 1 is 1.36 bits per heavy atom. The van der Waals surface area contributed by atoms with Crippen LogP contribution in [0.5, 0.6) is 5.75 Å². The van der Waals surface area contributed by atoms with Crippen molar-refractivity contribution in [2.45, 2.75) is 6.92 Å². The van der Waals surface area contributed by atoms with Crippen LogP contribution in [0.1, 0.15) is 5.56 Å². The van der Waals surface area contributed by atoms with E-state index in [1.807, 2.05) is 25.1 Å². The van der Waals surface area contributed by atoms with Crippen LogP contribution in [0.15, 0.2) is 35.3 Å². The summed E-state index contributed by atoms with van der Waals surface area (Å²) in [5.41, 5.74) is 2.97. The fraction of sp³-hybridized carbons (Fsp3) is 0.182. The number of oxazole rings is 1. The zero-order valence-electron chi connectivity index (χ0n) is 8.15. The summed E-state index contributed by atoms with van der Waals surface area (Å²) >= 11 is 0. The number of methoxy groups -OCH3 is 1. The van der Waals surface area contributed by atoms with E-state index in [0.717, 1.165) is 22.6 Å². The van der Waals surface area contributed by atoms with Crippen molar-refractivity contribution in [3.05, 3.63) is 36.4 Å². The van der Waals surface area contributed by atoms with Gasteiger partial charge < -0.3 is 9.15 Å². The molecule has 2 aromatic rings. The zero-order valence-corrected chi connectivity index (χ0v) is 8.15. The highest BCUT2D eigenvalue weighted by atomic mass is 16.5. The molecule has 14 heavy (non-hydrogen) atoms. The summed E-state index contributed by atoms with van der Waals surface area (Å²) in [5.74, 6) is 0.886. The summed E-state index contributed by atoms with van der Waals surface area (Å²) in [4.78, 5) is 4.08. The van der Waals surface area contributed by atoms with E-state index in [0.29, 0.717) is 0 Å². The van der Waals surface area contributed by atoms with Crippen LogP contribution in [-0.4, -0.2) is 12.1 Å². The third-order valence-electron chi connectivity index (χ3n) is 2.12. The van der Waals surface area contributed by atoms with E-state index < -0.39 is 0 Å². The topological polar surface area (TPSA) is 35.3 Å². The summed E-state index contributed by atoms with van der Waals surface area (Å²) in [6, 6.07) is 5.92. The molecule has 0 radical (unpaired) electrons. The summed E-state index contributed by atoms with van der Waals surface area (Å²) < 4.78 is 10.1. The first kappa shape index (κ1) is 8.81. The van der Waals surface area contributed by atoms with E-state index in [-0.39, 0.29) is 0 Å². The number of aryl methyl sites for hydroxylation is 1. The van der Waals surface area contributed by atoms with Gasteiger partial charge in [-0.15, -0.1) is 0 Å². The number of rotatable bonds is 2. The molecule has 3 heteroatoms. The third-order valence-corrected chi connectivity index (χ3v) is 2.12. The molecule has 0 N–H and O–H groups in total. The maximum Gasteiger partial charge on any atom is 0.181 e. The molecule has 0 spiro atoms. The molecule has 0 saturated carbocycles. The summed E-state index contributed by atoms with van der Waals surface area (Å²) in [5, 5.41) is 0. The van der Waals surface area contributed by atoms with Crippen molar-refractivity contribution >= 4 is 0 Å². The van der Waals surface area contributed by atoms with Crippen LogP contribution in [0.25, 0.3) is 11.3 Å². The van der Waals surface area contributed by atoms with E-state index in [1.54, 1.807) is 13.4 Å². The first-order chi connectivity index (χ1) is 6.81. The molecule has 2 rings (SSSR count). The first-order valence-electron chi connectivity index (χ1n) is 4.34. The lowest BCUT2D eigenvalue weighted by molar-refractivity contribution is 0.412. The van der Waals surface area contributed by atoms with Crippen molar-refractivity contribution in [1.29, 1.82) is 0 Å². The molecule has 72 valence electrons. The molecular formula is C11H11NO2. The molecule has 1 aromatic carbocycles. The number of aromatic nitrogens is 1. The predicted octanol–water partition coefficient (Wildman–Crippen LogP) is 2.66.